The Labute approximate surface area is 158 Å². The fourth-order valence-electron chi connectivity index (χ4n) is 2.37. The average Bonchev–Trinajstić information content (AvgIpc) is 2.71. The van der Waals surface area contributed by atoms with Gasteiger partial charge in [0.05, 0.1) is 26.2 Å². The Morgan fingerprint density at radius 3 is 2.41 bits per heavy atom. The topological polar surface area (TPSA) is 80.2 Å². The number of hydrogen-bond acceptors (Lipinski definition) is 5. The Morgan fingerprint density at radius 2 is 1.78 bits per heavy atom. The zero-order valence-corrected chi connectivity index (χ0v) is 15.9. The Hall–Kier alpha value is -3.35. The highest BCUT2D eigenvalue weighted by molar-refractivity contribution is 6.07. The van der Waals surface area contributed by atoms with Crippen molar-refractivity contribution in [1.29, 1.82) is 0 Å². The van der Waals surface area contributed by atoms with Crippen LogP contribution in [0.25, 0.3) is 0 Å². The van der Waals surface area contributed by atoms with E-state index in [4.69, 9.17) is 9.47 Å². The van der Waals surface area contributed by atoms with Gasteiger partial charge in [0.25, 0.3) is 5.91 Å². The largest absolute Gasteiger partial charge is 0.497 e. The molecule has 7 nitrogen and oxygen atoms in total. The summed E-state index contributed by atoms with van der Waals surface area (Å²) in [6.07, 6.45) is 0.0887. The number of methoxy groups -OCH3 is 2. The van der Waals surface area contributed by atoms with Crippen LogP contribution in [0.4, 0.5) is 5.69 Å². The third kappa shape index (κ3) is 5.31. The summed E-state index contributed by atoms with van der Waals surface area (Å²) in [6, 6.07) is 14.2. The molecule has 0 unspecified atom stereocenters. The third-order valence-electron chi connectivity index (χ3n) is 3.93. The van der Waals surface area contributed by atoms with E-state index in [0.29, 0.717) is 22.8 Å². The van der Waals surface area contributed by atoms with Gasteiger partial charge in [0.15, 0.2) is 0 Å². The van der Waals surface area contributed by atoms with Crippen LogP contribution in [0.2, 0.25) is 0 Å². The van der Waals surface area contributed by atoms with Gasteiger partial charge in [-0.3, -0.25) is 9.59 Å². The van der Waals surface area contributed by atoms with E-state index in [1.807, 2.05) is 30.3 Å². The first-order valence-electron chi connectivity index (χ1n) is 8.33. The van der Waals surface area contributed by atoms with Crippen LogP contribution in [0, 0.1) is 0 Å². The molecule has 2 rings (SSSR count). The molecule has 1 N–H and O–H groups in total. The van der Waals surface area contributed by atoms with Crippen LogP contribution >= 0.6 is 0 Å². The highest BCUT2D eigenvalue weighted by atomic mass is 16.5. The molecule has 2 aromatic carbocycles. The molecule has 0 atom stereocenters. The number of amides is 2. The fourth-order valence-corrected chi connectivity index (χ4v) is 2.37. The molecule has 0 fully saturated rings. The van der Waals surface area contributed by atoms with Gasteiger partial charge in [-0.25, -0.2) is 5.43 Å². The number of carbonyl (C=O) groups is 2. The number of benzene rings is 2. The van der Waals surface area contributed by atoms with Crippen LogP contribution in [0.1, 0.15) is 23.7 Å². The molecular weight excluding hydrogens is 346 g/mol. The second-order valence-corrected chi connectivity index (χ2v) is 5.82. The first-order chi connectivity index (χ1) is 13.0. The van der Waals surface area contributed by atoms with Gasteiger partial charge < -0.3 is 14.4 Å². The van der Waals surface area contributed by atoms with Crippen LogP contribution in [-0.4, -0.2) is 38.8 Å². The van der Waals surface area contributed by atoms with Crippen LogP contribution < -0.4 is 19.8 Å². The lowest BCUT2D eigenvalue weighted by atomic mass is 10.2. The van der Waals surface area contributed by atoms with Crippen LogP contribution in [0.5, 0.6) is 11.5 Å². The highest BCUT2D eigenvalue weighted by Gasteiger charge is 2.14. The molecule has 0 saturated heterocycles. The molecule has 0 aliphatic heterocycles. The molecule has 0 aromatic heterocycles. The van der Waals surface area contributed by atoms with E-state index in [1.165, 1.54) is 14.2 Å². The molecule has 7 heteroatoms. The van der Waals surface area contributed by atoms with E-state index in [1.54, 1.807) is 37.1 Å². The summed E-state index contributed by atoms with van der Waals surface area (Å²) in [6.45, 7) is 1.68. The molecule has 2 amide bonds. The van der Waals surface area contributed by atoms with Crippen molar-refractivity contribution >= 4 is 23.2 Å². The number of nitrogens with zero attached hydrogens (tertiary/aromatic N) is 2. The second kappa shape index (κ2) is 9.38. The van der Waals surface area contributed by atoms with Crippen molar-refractivity contribution in [3.8, 4) is 11.5 Å². The lowest BCUT2D eigenvalue weighted by molar-refractivity contribution is -0.117. The van der Waals surface area contributed by atoms with Gasteiger partial charge in [-0.2, -0.15) is 5.10 Å². The molecule has 2 aromatic rings. The molecular formula is C20H23N3O4. The maximum Gasteiger partial charge on any atom is 0.275 e. The number of ether oxygens (including phenoxy) is 2. The summed E-state index contributed by atoms with van der Waals surface area (Å²) in [4.78, 5) is 26.2. The Balaban J connectivity index is 2.00. The van der Waals surface area contributed by atoms with Gasteiger partial charge in [0.2, 0.25) is 5.91 Å². The predicted molar refractivity (Wildman–Crippen MR) is 105 cm³/mol. The van der Waals surface area contributed by atoms with Crippen molar-refractivity contribution in [2.24, 2.45) is 5.10 Å². The Bertz CT molecular complexity index is 834. The van der Waals surface area contributed by atoms with Gasteiger partial charge in [0.1, 0.15) is 11.5 Å². The van der Waals surface area contributed by atoms with Crippen molar-refractivity contribution in [2.45, 2.75) is 13.3 Å². The average molecular weight is 369 g/mol. The molecule has 0 spiro atoms. The lowest BCUT2D eigenvalue weighted by Gasteiger charge is -2.17. The minimum Gasteiger partial charge on any atom is -0.497 e. The highest BCUT2D eigenvalue weighted by Crippen LogP contribution is 2.24. The smallest absolute Gasteiger partial charge is 0.275 e. The van der Waals surface area contributed by atoms with Crippen molar-refractivity contribution < 1.29 is 19.1 Å². The van der Waals surface area contributed by atoms with Crippen LogP contribution in [0.3, 0.4) is 0 Å². The first kappa shape index (κ1) is 20.0. The molecule has 27 heavy (non-hydrogen) atoms. The number of hydrazone groups is 1. The monoisotopic (exact) mass is 369 g/mol. The van der Waals surface area contributed by atoms with Gasteiger partial charge in [0, 0.05) is 24.5 Å². The normalized spacial score (nSPS) is 10.9. The van der Waals surface area contributed by atoms with Crippen LogP contribution in [0.15, 0.2) is 53.6 Å². The fraction of sp³-hybridized carbons (Fsp3) is 0.250. The molecule has 0 aliphatic rings. The van der Waals surface area contributed by atoms with Gasteiger partial charge in [-0.15, -0.1) is 0 Å². The van der Waals surface area contributed by atoms with E-state index in [9.17, 15) is 9.59 Å². The van der Waals surface area contributed by atoms with Gasteiger partial charge in [-0.1, -0.05) is 18.2 Å². The standard InChI is InChI=1S/C20H23N3O4/c1-14(12-19(24)23(2)15-8-6-5-7-9-15)21-22-20(25)17-11-10-16(26-3)13-18(17)27-4/h5-11,13H,12H2,1-4H3,(H,22,25)/b21-14-. The quantitative estimate of drug-likeness (QED) is 0.601. The van der Waals surface area contributed by atoms with Gasteiger partial charge in [-0.05, 0) is 31.2 Å². The minimum atomic E-state index is -0.433. The number of anilines is 1. The van der Waals surface area contributed by atoms with E-state index in [2.05, 4.69) is 10.5 Å². The molecule has 0 bridgehead atoms. The first-order valence-corrected chi connectivity index (χ1v) is 8.33. The summed E-state index contributed by atoms with van der Waals surface area (Å²) in [5.74, 6) is 0.397. The lowest BCUT2D eigenvalue weighted by Crippen LogP contribution is -2.28. The maximum absolute atomic E-state index is 12.3. The van der Waals surface area contributed by atoms with Crippen LogP contribution in [-0.2, 0) is 4.79 Å². The van der Waals surface area contributed by atoms with Crippen molar-refractivity contribution in [2.75, 3.05) is 26.2 Å². The summed E-state index contributed by atoms with van der Waals surface area (Å²) in [7, 11) is 4.70. The SMILES string of the molecule is COc1ccc(C(=O)N/N=C(/C)CC(=O)N(C)c2ccccc2)c(OC)c1. The van der Waals surface area contributed by atoms with E-state index in [-0.39, 0.29) is 12.3 Å². The minimum absolute atomic E-state index is 0.0887. The zero-order chi connectivity index (χ0) is 19.8. The van der Waals surface area contributed by atoms with Gasteiger partial charge >= 0.3 is 0 Å². The van der Waals surface area contributed by atoms with Crippen molar-refractivity contribution in [3.05, 3.63) is 54.1 Å². The Morgan fingerprint density at radius 1 is 1.07 bits per heavy atom. The second-order valence-electron chi connectivity index (χ2n) is 5.82. The summed E-state index contributed by atoms with van der Waals surface area (Å²) < 4.78 is 10.3. The number of hydrogen-bond donors (Lipinski definition) is 1. The number of carbonyl (C=O) groups excluding carboxylic acids is 2. The maximum atomic E-state index is 12.3. The summed E-state index contributed by atoms with van der Waals surface area (Å²) >= 11 is 0. The molecule has 142 valence electrons. The molecule has 0 aliphatic carbocycles. The van der Waals surface area contributed by atoms with Crippen molar-refractivity contribution in [3.63, 3.8) is 0 Å². The van der Waals surface area contributed by atoms with Crippen molar-refractivity contribution in [1.82, 2.24) is 5.43 Å². The molecule has 0 saturated carbocycles. The number of para-hydroxylation sites is 1. The van der Waals surface area contributed by atoms with E-state index in [0.717, 1.165) is 5.69 Å². The predicted octanol–water partition coefficient (Wildman–Crippen LogP) is 2.86. The van der Waals surface area contributed by atoms with E-state index < -0.39 is 5.91 Å². The third-order valence-corrected chi connectivity index (χ3v) is 3.93. The number of nitrogens with one attached hydrogen (secondary N) is 1. The molecule has 0 heterocycles. The Kier molecular flexibility index (Phi) is 6.93. The zero-order valence-electron chi connectivity index (χ0n) is 15.9. The summed E-state index contributed by atoms with van der Waals surface area (Å²) in [5, 5.41) is 4.02. The molecule has 0 radical (unpaired) electrons. The number of rotatable bonds is 7. The van der Waals surface area contributed by atoms with E-state index >= 15 is 0 Å². The summed E-state index contributed by atoms with van der Waals surface area (Å²) in [5.41, 5.74) is 4.06.